The maximum absolute atomic E-state index is 13.5. The van der Waals surface area contributed by atoms with Crippen LogP contribution in [0.2, 0.25) is 0 Å². The Morgan fingerprint density at radius 2 is 1.89 bits per heavy atom. The van der Waals surface area contributed by atoms with Crippen molar-refractivity contribution in [1.82, 2.24) is 4.90 Å². The third kappa shape index (κ3) is 2.92. The summed E-state index contributed by atoms with van der Waals surface area (Å²) in [5, 5.41) is 10.0. The highest BCUT2D eigenvalue weighted by molar-refractivity contribution is 5.23. The van der Waals surface area contributed by atoms with E-state index >= 15 is 0 Å². The zero-order chi connectivity index (χ0) is 14.2. The van der Waals surface area contributed by atoms with Crippen molar-refractivity contribution in [3.05, 3.63) is 41.1 Å². The first-order chi connectivity index (χ1) is 8.90. The molecule has 1 aromatic carbocycles. The minimum Gasteiger partial charge on any atom is -0.388 e. The molecule has 1 aliphatic heterocycles. The SMILES string of the molecule is C[C](C)CN1CC(C(O)c2ccc(F)c(F)c2F)C1. The number of nitrogens with zero attached hydrogens (tertiary/aromatic N) is 1. The Morgan fingerprint density at radius 3 is 2.47 bits per heavy atom. The standard InChI is InChI=1S/C14H17F3NO/c1-8(2)5-18-6-9(7-18)14(19)10-3-4-11(15)13(17)12(10)16/h3-4,9,14,19H,5-7H2,1-2H3. The van der Waals surface area contributed by atoms with E-state index in [1.54, 1.807) is 0 Å². The van der Waals surface area contributed by atoms with Gasteiger partial charge in [0.1, 0.15) is 0 Å². The molecule has 105 valence electrons. The van der Waals surface area contributed by atoms with Gasteiger partial charge in [-0.1, -0.05) is 19.9 Å². The van der Waals surface area contributed by atoms with Gasteiger partial charge in [-0.15, -0.1) is 0 Å². The molecule has 1 heterocycles. The third-order valence-electron chi connectivity index (χ3n) is 3.36. The molecule has 1 radical (unpaired) electrons. The van der Waals surface area contributed by atoms with E-state index < -0.39 is 23.6 Å². The molecular weight excluding hydrogens is 255 g/mol. The molecule has 1 unspecified atom stereocenters. The molecule has 0 amide bonds. The highest BCUT2D eigenvalue weighted by Gasteiger charge is 2.35. The van der Waals surface area contributed by atoms with Crippen LogP contribution in [0.15, 0.2) is 12.1 Å². The second-order valence-corrected chi connectivity index (χ2v) is 5.37. The number of hydrogen-bond donors (Lipinski definition) is 1. The third-order valence-corrected chi connectivity index (χ3v) is 3.36. The lowest BCUT2D eigenvalue weighted by molar-refractivity contribution is -0.00453. The molecule has 0 aliphatic carbocycles. The normalized spacial score (nSPS) is 18.7. The molecule has 1 atom stereocenters. The number of likely N-dealkylation sites (tertiary alicyclic amines) is 1. The Hall–Kier alpha value is -1.07. The lowest BCUT2D eigenvalue weighted by Gasteiger charge is -2.42. The fourth-order valence-electron chi connectivity index (χ4n) is 2.41. The number of benzene rings is 1. The number of aliphatic hydroxyl groups excluding tert-OH is 1. The maximum Gasteiger partial charge on any atom is 0.194 e. The molecule has 0 spiro atoms. The minimum atomic E-state index is -1.52. The Bertz CT molecular complexity index is 458. The largest absolute Gasteiger partial charge is 0.388 e. The highest BCUT2D eigenvalue weighted by atomic mass is 19.2. The molecule has 0 bridgehead atoms. The summed E-state index contributed by atoms with van der Waals surface area (Å²) in [6.45, 7) is 6.12. The molecule has 1 N–H and O–H groups in total. The summed E-state index contributed by atoms with van der Waals surface area (Å²) in [6.07, 6.45) is -1.09. The van der Waals surface area contributed by atoms with Crippen molar-refractivity contribution in [2.24, 2.45) is 5.92 Å². The first-order valence-corrected chi connectivity index (χ1v) is 6.23. The summed E-state index contributed by atoms with van der Waals surface area (Å²) in [7, 11) is 0. The number of rotatable bonds is 4. The molecule has 1 fully saturated rings. The maximum atomic E-state index is 13.5. The zero-order valence-corrected chi connectivity index (χ0v) is 11.0. The molecule has 0 saturated carbocycles. The second-order valence-electron chi connectivity index (χ2n) is 5.37. The van der Waals surface area contributed by atoms with Crippen molar-refractivity contribution in [2.75, 3.05) is 19.6 Å². The first-order valence-electron chi connectivity index (χ1n) is 6.23. The minimum absolute atomic E-state index is 0.140. The lowest BCUT2D eigenvalue weighted by atomic mass is 9.88. The van der Waals surface area contributed by atoms with Gasteiger partial charge in [0.15, 0.2) is 17.5 Å². The van der Waals surface area contributed by atoms with Crippen molar-refractivity contribution in [3.8, 4) is 0 Å². The van der Waals surface area contributed by atoms with E-state index in [4.69, 9.17) is 0 Å². The summed E-state index contributed by atoms with van der Waals surface area (Å²) in [4.78, 5) is 2.11. The average Bonchev–Trinajstić information content (AvgIpc) is 2.29. The van der Waals surface area contributed by atoms with E-state index in [9.17, 15) is 18.3 Å². The van der Waals surface area contributed by atoms with Gasteiger partial charge < -0.3 is 10.0 Å². The van der Waals surface area contributed by atoms with E-state index in [2.05, 4.69) is 4.90 Å². The van der Waals surface area contributed by atoms with E-state index in [1.807, 2.05) is 13.8 Å². The van der Waals surface area contributed by atoms with Crippen LogP contribution in [0.5, 0.6) is 0 Å². The van der Waals surface area contributed by atoms with E-state index in [1.165, 1.54) is 5.92 Å². The fraction of sp³-hybridized carbons (Fsp3) is 0.500. The van der Waals surface area contributed by atoms with Gasteiger partial charge in [0.25, 0.3) is 0 Å². The van der Waals surface area contributed by atoms with Gasteiger partial charge in [0.05, 0.1) is 6.10 Å². The topological polar surface area (TPSA) is 23.5 Å². The van der Waals surface area contributed by atoms with E-state index in [0.717, 1.165) is 18.7 Å². The van der Waals surface area contributed by atoms with Crippen molar-refractivity contribution in [1.29, 1.82) is 0 Å². The van der Waals surface area contributed by atoms with Crippen LogP contribution in [0.3, 0.4) is 0 Å². The van der Waals surface area contributed by atoms with Crippen LogP contribution in [0.4, 0.5) is 13.2 Å². The molecule has 0 aromatic heterocycles. The Balaban J connectivity index is 2.02. The van der Waals surface area contributed by atoms with Gasteiger partial charge in [-0.3, -0.25) is 0 Å². The summed E-state index contributed by atoms with van der Waals surface area (Å²) >= 11 is 0. The Morgan fingerprint density at radius 1 is 1.26 bits per heavy atom. The van der Waals surface area contributed by atoms with Gasteiger partial charge in [-0.2, -0.15) is 0 Å². The molecule has 1 aliphatic rings. The molecule has 5 heteroatoms. The second kappa shape index (κ2) is 5.51. The molecule has 1 aromatic rings. The predicted octanol–water partition coefficient (Wildman–Crippen LogP) is 2.68. The Labute approximate surface area is 110 Å². The zero-order valence-electron chi connectivity index (χ0n) is 11.0. The monoisotopic (exact) mass is 272 g/mol. The van der Waals surface area contributed by atoms with Gasteiger partial charge in [0, 0.05) is 31.1 Å². The van der Waals surface area contributed by atoms with Crippen molar-refractivity contribution in [3.63, 3.8) is 0 Å². The number of hydrogen-bond acceptors (Lipinski definition) is 2. The lowest BCUT2D eigenvalue weighted by Crippen LogP contribution is -2.50. The molecule has 1 saturated heterocycles. The average molecular weight is 272 g/mol. The fourth-order valence-corrected chi connectivity index (χ4v) is 2.41. The van der Waals surface area contributed by atoms with Crippen LogP contribution in [-0.2, 0) is 0 Å². The van der Waals surface area contributed by atoms with Crippen molar-refractivity contribution >= 4 is 0 Å². The van der Waals surface area contributed by atoms with Crippen LogP contribution in [0, 0.1) is 29.3 Å². The Kier molecular flexibility index (Phi) is 4.16. The smallest absolute Gasteiger partial charge is 0.194 e. The van der Waals surface area contributed by atoms with E-state index in [0.29, 0.717) is 13.1 Å². The number of halogens is 3. The van der Waals surface area contributed by atoms with Crippen molar-refractivity contribution < 1.29 is 18.3 Å². The quantitative estimate of drug-likeness (QED) is 0.852. The highest BCUT2D eigenvalue weighted by Crippen LogP contribution is 2.32. The van der Waals surface area contributed by atoms with Gasteiger partial charge in [-0.25, -0.2) is 13.2 Å². The van der Waals surface area contributed by atoms with Crippen LogP contribution >= 0.6 is 0 Å². The van der Waals surface area contributed by atoms with Gasteiger partial charge >= 0.3 is 0 Å². The summed E-state index contributed by atoms with van der Waals surface area (Å²) < 4.78 is 39.5. The molecule has 2 nitrogen and oxygen atoms in total. The van der Waals surface area contributed by atoms with Crippen LogP contribution < -0.4 is 0 Å². The summed E-state index contributed by atoms with van der Waals surface area (Å²) in [6, 6.07) is 1.95. The van der Waals surface area contributed by atoms with Crippen LogP contribution in [0.1, 0.15) is 25.5 Å². The molecule has 2 rings (SSSR count). The summed E-state index contributed by atoms with van der Waals surface area (Å²) in [5.74, 6) is -2.93. The molecular formula is C14H17F3NO. The number of aliphatic hydroxyl groups is 1. The van der Waals surface area contributed by atoms with Crippen molar-refractivity contribution in [2.45, 2.75) is 20.0 Å². The van der Waals surface area contributed by atoms with Crippen LogP contribution in [-0.4, -0.2) is 29.6 Å². The molecule has 19 heavy (non-hydrogen) atoms. The predicted molar refractivity (Wildman–Crippen MR) is 65.8 cm³/mol. The van der Waals surface area contributed by atoms with Gasteiger partial charge in [-0.05, 0) is 12.0 Å². The first kappa shape index (κ1) is 14.3. The van der Waals surface area contributed by atoms with Gasteiger partial charge in [0.2, 0.25) is 0 Å². The van der Waals surface area contributed by atoms with E-state index in [-0.39, 0.29) is 11.5 Å². The van der Waals surface area contributed by atoms with Crippen LogP contribution in [0.25, 0.3) is 0 Å². The summed E-state index contributed by atoms with van der Waals surface area (Å²) in [5.41, 5.74) is -0.166.